The van der Waals surface area contributed by atoms with Crippen LogP contribution in [0.25, 0.3) is 0 Å². The van der Waals surface area contributed by atoms with Crippen molar-refractivity contribution in [2.45, 2.75) is 32.9 Å². The molecule has 0 aromatic rings. The predicted molar refractivity (Wildman–Crippen MR) is 43.4 cm³/mol. The van der Waals surface area contributed by atoms with Gasteiger partial charge in [0, 0.05) is 0 Å². The molecule has 5 heteroatoms. The summed E-state index contributed by atoms with van der Waals surface area (Å²) >= 11 is 0. The van der Waals surface area contributed by atoms with Crippen LogP contribution >= 0.6 is 0 Å². The van der Waals surface area contributed by atoms with Gasteiger partial charge in [-0.2, -0.15) is 8.42 Å². The average Bonchev–Trinajstić information content (AvgIpc) is 1.81. The minimum Gasteiger partial charge on any atom is -0.305 e. The molecule has 0 saturated heterocycles. The van der Waals surface area contributed by atoms with E-state index in [0.29, 0.717) is 6.42 Å². The Hall–Kier alpha value is -0.130. The second kappa shape index (κ2) is 4.69. The van der Waals surface area contributed by atoms with Crippen LogP contribution in [-0.4, -0.2) is 20.4 Å². The van der Waals surface area contributed by atoms with Gasteiger partial charge >= 0.3 is 0 Å². The number of nitrogens with two attached hydrogens (primary N) is 1. The minimum atomic E-state index is -3.37. The quantitative estimate of drug-likeness (QED) is 0.493. The van der Waals surface area contributed by atoms with Gasteiger partial charge in [-0.25, -0.2) is 0 Å². The normalized spacial score (nSPS) is 14.8. The third-order valence-corrected chi connectivity index (χ3v) is 2.43. The second-order valence-electron chi connectivity index (χ2n) is 2.42. The monoisotopic (exact) mass is 181 g/mol. The molecule has 0 fully saturated rings. The Balaban J connectivity index is 3.82. The van der Waals surface area contributed by atoms with Gasteiger partial charge in [0.05, 0.1) is 5.75 Å². The van der Waals surface area contributed by atoms with E-state index < -0.39 is 16.3 Å². The van der Waals surface area contributed by atoms with Crippen molar-refractivity contribution in [1.82, 2.24) is 0 Å². The summed E-state index contributed by atoms with van der Waals surface area (Å²) in [5, 5.41) is 0. The van der Waals surface area contributed by atoms with Crippen molar-refractivity contribution in [2.75, 3.05) is 5.75 Å². The standard InChI is InChI=1S/C6H15NO3S/c1-3-4-5-11(8,9)10-6(2)7/h6H,3-5,7H2,1-2H3. The van der Waals surface area contributed by atoms with Crippen LogP contribution in [0.3, 0.4) is 0 Å². The van der Waals surface area contributed by atoms with Gasteiger partial charge in [-0.3, -0.25) is 4.18 Å². The molecule has 0 aliphatic rings. The summed E-state index contributed by atoms with van der Waals surface area (Å²) in [6.45, 7) is 3.41. The lowest BCUT2D eigenvalue weighted by Gasteiger charge is -2.06. The van der Waals surface area contributed by atoms with Gasteiger partial charge in [0.25, 0.3) is 10.1 Å². The Morgan fingerprint density at radius 2 is 2.09 bits per heavy atom. The number of rotatable bonds is 5. The summed E-state index contributed by atoms with van der Waals surface area (Å²) in [5.41, 5.74) is 5.15. The maximum Gasteiger partial charge on any atom is 0.268 e. The zero-order chi connectivity index (χ0) is 8.91. The van der Waals surface area contributed by atoms with Crippen LogP contribution in [0.15, 0.2) is 0 Å². The lowest BCUT2D eigenvalue weighted by Crippen LogP contribution is -2.25. The van der Waals surface area contributed by atoms with E-state index in [1.54, 1.807) is 0 Å². The van der Waals surface area contributed by atoms with Gasteiger partial charge in [-0.1, -0.05) is 13.3 Å². The third kappa shape index (κ3) is 6.28. The van der Waals surface area contributed by atoms with Gasteiger partial charge in [-0.05, 0) is 13.3 Å². The Labute approximate surface area is 67.9 Å². The highest BCUT2D eigenvalue weighted by atomic mass is 32.2. The molecule has 0 heterocycles. The summed E-state index contributed by atoms with van der Waals surface area (Å²) in [6.07, 6.45) is 0.716. The summed E-state index contributed by atoms with van der Waals surface area (Å²) in [4.78, 5) is 0. The molecule has 0 radical (unpaired) electrons. The van der Waals surface area contributed by atoms with E-state index in [2.05, 4.69) is 4.18 Å². The maximum absolute atomic E-state index is 10.9. The first-order valence-electron chi connectivity index (χ1n) is 3.64. The molecule has 0 aromatic heterocycles. The van der Waals surface area contributed by atoms with Crippen LogP contribution in [0, 0.1) is 0 Å². The van der Waals surface area contributed by atoms with Crippen LogP contribution in [0.5, 0.6) is 0 Å². The van der Waals surface area contributed by atoms with E-state index in [-0.39, 0.29) is 5.75 Å². The van der Waals surface area contributed by atoms with Crippen molar-refractivity contribution in [2.24, 2.45) is 5.73 Å². The molecule has 0 aromatic carbocycles. The predicted octanol–water partition coefficient (Wildman–Crippen LogP) is 0.438. The molecule has 0 spiro atoms. The van der Waals surface area contributed by atoms with Crippen LogP contribution < -0.4 is 5.73 Å². The first-order chi connectivity index (χ1) is 4.98. The van der Waals surface area contributed by atoms with E-state index in [4.69, 9.17) is 5.73 Å². The summed E-state index contributed by atoms with van der Waals surface area (Å²) in [5.74, 6) is 0.0606. The van der Waals surface area contributed by atoms with Crippen molar-refractivity contribution >= 4 is 10.1 Å². The maximum atomic E-state index is 10.9. The van der Waals surface area contributed by atoms with Crippen molar-refractivity contribution in [1.29, 1.82) is 0 Å². The Morgan fingerprint density at radius 1 is 1.55 bits per heavy atom. The van der Waals surface area contributed by atoms with Crippen LogP contribution in [-0.2, 0) is 14.3 Å². The van der Waals surface area contributed by atoms with Crippen molar-refractivity contribution < 1.29 is 12.6 Å². The molecule has 0 amide bonds. The van der Waals surface area contributed by atoms with Crippen molar-refractivity contribution in [3.63, 3.8) is 0 Å². The molecule has 0 bridgehead atoms. The van der Waals surface area contributed by atoms with E-state index >= 15 is 0 Å². The molecule has 11 heavy (non-hydrogen) atoms. The SMILES string of the molecule is CCCCS(=O)(=O)OC(C)N. The fraction of sp³-hybridized carbons (Fsp3) is 1.00. The van der Waals surface area contributed by atoms with Gasteiger partial charge in [0.15, 0.2) is 0 Å². The van der Waals surface area contributed by atoms with E-state index in [1.165, 1.54) is 6.92 Å². The fourth-order valence-electron chi connectivity index (χ4n) is 0.600. The van der Waals surface area contributed by atoms with E-state index in [9.17, 15) is 8.42 Å². The van der Waals surface area contributed by atoms with Gasteiger partial charge in [0.1, 0.15) is 6.23 Å². The van der Waals surface area contributed by atoms with Gasteiger partial charge in [-0.15, -0.1) is 0 Å². The van der Waals surface area contributed by atoms with E-state index in [1.807, 2.05) is 6.92 Å². The average molecular weight is 181 g/mol. The highest BCUT2D eigenvalue weighted by molar-refractivity contribution is 7.86. The highest BCUT2D eigenvalue weighted by Gasteiger charge is 2.11. The molecule has 1 unspecified atom stereocenters. The van der Waals surface area contributed by atoms with E-state index in [0.717, 1.165) is 6.42 Å². The van der Waals surface area contributed by atoms with Crippen molar-refractivity contribution in [3.05, 3.63) is 0 Å². The fourth-order valence-corrected chi connectivity index (χ4v) is 1.80. The first kappa shape index (κ1) is 10.9. The largest absolute Gasteiger partial charge is 0.305 e. The lowest BCUT2D eigenvalue weighted by atomic mass is 10.4. The molecule has 0 saturated carbocycles. The van der Waals surface area contributed by atoms with Crippen LogP contribution in [0.2, 0.25) is 0 Å². The van der Waals surface area contributed by atoms with Crippen LogP contribution in [0.4, 0.5) is 0 Å². The topological polar surface area (TPSA) is 69.4 Å². The molecule has 0 rings (SSSR count). The number of hydrogen-bond donors (Lipinski definition) is 1. The molecule has 2 N–H and O–H groups in total. The molecule has 4 nitrogen and oxygen atoms in total. The second-order valence-corrected chi connectivity index (χ2v) is 4.13. The molecular weight excluding hydrogens is 166 g/mol. The summed E-state index contributed by atoms with van der Waals surface area (Å²) in [7, 11) is -3.37. The van der Waals surface area contributed by atoms with Gasteiger partial charge in [0.2, 0.25) is 0 Å². The highest BCUT2D eigenvalue weighted by Crippen LogP contribution is 1.99. The molecular formula is C6H15NO3S. The Morgan fingerprint density at radius 3 is 2.45 bits per heavy atom. The molecule has 1 atom stereocenters. The van der Waals surface area contributed by atoms with Crippen LogP contribution in [0.1, 0.15) is 26.7 Å². The molecule has 0 aliphatic heterocycles. The van der Waals surface area contributed by atoms with Crippen molar-refractivity contribution in [3.8, 4) is 0 Å². The smallest absolute Gasteiger partial charge is 0.268 e. The number of hydrogen-bond acceptors (Lipinski definition) is 4. The third-order valence-electron chi connectivity index (χ3n) is 1.05. The number of unbranched alkanes of at least 4 members (excludes halogenated alkanes) is 1. The Bertz CT molecular complexity index is 186. The summed E-state index contributed by atoms with van der Waals surface area (Å²) in [6, 6.07) is 0. The Kier molecular flexibility index (Phi) is 4.63. The zero-order valence-corrected chi connectivity index (χ0v) is 7.73. The molecule has 68 valence electrons. The van der Waals surface area contributed by atoms with Gasteiger partial charge < -0.3 is 5.73 Å². The zero-order valence-electron chi connectivity index (χ0n) is 6.91. The molecule has 0 aliphatic carbocycles. The summed E-state index contributed by atoms with van der Waals surface area (Å²) < 4.78 is 26.3. The lowest BCUT2D eigenvalue weighted by molar-refractivity contribution is 0.237. The minimum absolute atomic E-state index is 0.0606. The first-order valence-corrected chi connectivity index (χ1v) is 5.22.